The smallest absolute Gasteiger partial charge is 0.318 e. The van der Waals surface area contributed by atoms with Gasteiger partial charge in [-0.05, 0) is 80.4 Å². The van der Waals surface area contributed by atoms with Gasteiger partial charge in [0, 0.05) is 34.2 Å². The number of urea groups is 1. The maximum atomic E-state index is 15.1. The van der Waals surface area contributed by atoms with E-state index in [4.69, 9.17) is 0 Å². The first kappa shape index (κ1) is 19.6. The number of carbonyl (C=O) groups is 1. The third-order valence-electron chi connectivity index (χ3n) is 8.91. The topological polar surface area (TPSA) is 48.1 Å². The Balaban J connectivity index is 1.28. The van der Waals surface area contributed by atoms with E-state index in [1.807, 2.05) is 29.2 Å². The summed E-state index contributed by atoms with van der Waals surface area (Å²) < 4.78 is 15.1. The van der Waals surface area contributed by atoms with Gasteiger partial charge in [0.1, 0.15) is 11.9 Å². The molecule has 4 aliphatic carbocycles. The van der Waals surface area contributed by atoms with Crippen LogP contribution in [0.3, 0.4) is 0 Å². The molecule has 2 N–H and O–H groups in total. The lowest BCUT2D eigenvalue weighted by molar-refractivity contribution is -0.0163. The second kappa shape index (κ2) is 7.09. The van der Waals surface area contributed by atoms with Crippen LogP contribution in [0.25, 0.3) is 10.9 Å². The highest BCUT2D eigenvalue weighted by molar-refractivity contribution is 5.86. The van der Waals surface area contributed by atoms with Gasteiger partial charge in [0.25, 0.3) is 0 Å². The van der Waals surface area contributed by atoms with E-state index >= 15 is 4.39 Å². The van der Waals surface area contributed by atoms with Crippen molar-refractivity contribution in [3.63, 3.8) is 0 Å². The first-order valence-corrected chi connectivity index (χ1v) is 12.5. The monoisotopic (exact) mass is 443 g/mol. The number of nitrogens with one attached hydrogen (secondary N) is 2. The molecular weight excluding hydrogens is 413 g/mol. The van der Waals surface area contributed by atoms with Crippen LogP contribution < -0.4 is 5.32 Å². The molecule has 4 saturated carbocycles. The highest BCUT2D eigenvalue weighted by atomic mass is 19.1. The molecule has 33 heavy (non-hydrogen) atoms. The van der Waals surface area contributed by atoms with Gasteiger partial charge in [0.05, 0.1) is 0 Å². The van der Waals surface area contributed by atoms with E-state index in [1.54, 1.807) is 6.07 Å². The van der Waals surface area contributed by atoms with E-state index < -0.39 is 6.04 Å². The van der Waals surface area contributed by atoms with Crippen LogP contribution in [0.1, 0.15) is 61.4 Å². The number of hydrogen-bond acceptors (Lipinski definition) is 1. The zero-order valence-electron chi connectivity index (χ0n) is 18.8. The fourth-order valence-corrected chi connectivity index (χ4v) is 8.04. The standard InChI is InChI=1S/C28H30FN3O/c29-23-7-3-1-6-22(23)26-25-21(20-5-2-4-8-24(20)30-25)9-10-32(26)27(33)31-28-14-17-11-18(15-28)13-19(12-17)16-28/h1-8,17-19,26,30H,9-16H2,(H,31,33)/t17?,18?,19?,26-,28?/m0/s1. The normalized spacial score (nSPS) is 32.2. The number of amides is 2. The van der Waals surface area contributed by atoms with Gasteiger partial charge in [-0.3, -0.25) is 0 Å². The molecule has 2 aromatic carbocycles. The predicted molar refractivity (Wildman–Crippen MR) is 126 cm³/mol. The summed E-state index contributed by atoms with van der Waals surface area (Å²) in [6, 6.07) is 14.7. The van der Waals surface area contributed by atoms with Gasteiger partial charge < -0.3 is 15.2 Å². The Morgan fingerprint density at radius 2 is 1.64 bits per heavy atom. The number of nitrogens with zero attached hydrogens (tertiary/aromatic N) is 1. The van der Waals surface area contributed by atoms with Crippen molar-refractivity contribution in [2.45, 2.75) is 56.5 Å². The van der Waals surface area contributed by atoms with Crippen LogP contribution in [-0.4, -0.2) is 28.0 Å². The molecule has 4 bridgehead atoms. The Morgan fingerprint density at radius 1 is 0.970 bits per heavy atom. The summed E-state index contributed by atoms with van der Waals surface area (Å²) >= 11 is 0. The van der Waals surface area contributed by atoms with Crippen molar-refractivity contribution in [1.82, 2.24) is 15.2 Å². The lowest BCUT2D eigenvalue weighted by Gasteiger charge is -2.57. The number of aromatic nitrogens is 1. The maximum Gasteiger partial charge on any atom is 0.318 e. The molecule has 1 aromatic heterocycles. The SMILES string of the molecule is O=C(NC12CC3CC(CC(C3)C1)C2)N1CCc2c([nH]c3ccccc23)[C@@H]1c1ccccc1F. The zero-order chi connectivity index (χ0) is 22.2. The van der Waals surface area contributed by atoms with Gasteiger partial charge in [-0.25, -0.2) is 9.18 Å². The van der Waals surface area contributed by atoms with Crippen molar-refractivity contribution in [2.75, 3.05) is 6.54 Å². The molecule has 2 heterocycles. The van der Waals surface area contributed by atoms with E-state index in [-0.39, 0.29) is 17.4 Å². The molecule has 5 aliphatic rings. The highest BCUT2D eigenvalue weighted by Gasteiger charge is 2.52. The van der Waals surface area contributed by atoms with E-state index in [2.05, 4.69) is 22.4 Å². The fraction of sp³-hybridized carbons (Fsp3) is 0.464. The van der Waals surface area contributed by atoms with Crippen molar-refractivity contribution >= 4 is 16.9 Å². The summed E-state index contributed by atoms with van der Waals surface area (Å²) in [4.78, 5) is 19.3. The van der Waals surface area contributed by atoms with Crippen LogP contribution in [0.4, 0.5) is 9.18 Å². The molecule has 0 unspecified atom stereocenters. The van der Waals surface area contributed by atoms with E-state index in [0.717, 1.165) is 54.6 Å². The molecule has 8 rings (SSSR count). The molecule has 0 spiro atoms. The average molecular weight is 444 g/mol. The van der Waals surface area contributed by atoms with Gasteiger partial charge in [0.2, 0.25) is 0 Å². The van der Waals surface area contributed by atoms with Gasteiger partial charge >= 0.3 is 6.03 Å². The van der Waals surface area contributed by atoms with Crippen LogP contribution >= 0.6 is 0 Å². The van der Waals surface area contributed by atoms with Gasteiger partial charge in [-0.15, -0.1) is 0 Å². The van der Waals surface area contributed by atoms with Crippen LogP contribution in [-0.2, 0) is 6.42 Å². The van der Waals surface area contributed by atoms with Crippen molar-refractivity contribution < 1.29 is 9.18 Å². The van der Waals surface area contributed by atoms with Crippen molar-refractivity contribution in [2.24, 2.45) is 17.8 Å². The fourth-order valence-electron chi connectivity index (χ4n) is 8.04. The van der Waals surface area contributed by atoms with Crippen LogP contribution in [0.2, 0.25) is 0 Å². The predicted octanol–water partition coefficient (Wildman–Crippen LogP) is 5.93. The molecule has 5 heteroatoms. The summed E-state index contributed by atoms with van der Waals surface area (Å²) in [6.07, 6.45) is 8.14. The molecular formula is C28H30FN3O. The van der Waals surface area contributed by atoms with E-state index in [9.17, 15) is 4.79 Å². The summed E-state index contributed by atoms with van der Waals surface area (Å²) in [5, 5.41) is 4.70. The number of fused-ring (bicyclic) bond motifs is 3. The molecule has 0 saturated heterocycles. The molecule has 170 valence electrons. The third-order valence-corrected chi connectivity index (χ3v) is 8.91. The lowest BCUT2D eigenvalue weighted by Crippen LogP contribution is -2.62. The zero-order valence-corrected chi connectivity index (χ0v) is 18.8. The molecule has 2 amide bonds. The number of H-pyrrole nitrogens is 1. The van der Waals surface area contributed by atoms with Crippen molar-refractivity contribution in [1.29, 1.82) is 0 Å². The first-order chi connectivity index (χ1) is 16.1. The summed E-state index contributed by atoms with van der Waals surface area (Å²) in [7, 11) is 0. The summed E-state index contributed by atoms with van der Waals surface area (Å²) in [5.74, 6) is 2.03. The summed E-state index contributed by atoms with van der Waals surface area (Å²) in [6.45, 7) is 0.589. The maximum absolute atomic E-state index is 15.1. The number of halogens is 1. The second-order valence-corrected chi connectivity index (χ2v) is 11.1. The van der Waals surface area contributed by atoms with Crippen LogP contribution in [0.5, 0.6) is 0 Å². The first-order valence-electron chi connectivity index (χ1n) is 12.5. The molecule has 4 fully saturated rings. The van der Waals surface area contributed by atoms with Crippen molar-refractivity contribution in [3.05, 3.63) is 71.2 Å². The second-order valence-electron chi connectivity index (χ2n) is 11.1. The molecule has 3 aromatic rings. The van der Waals surface area contributed by atoms with Gasteiger partial charge in [0.15, 0.2) is 0 Å². The minimum Gasteiger partial charge on any atom is -0.356 e. The van der Waals surface area contributed by atoms with Crippen molar-refractivity contribution in [3.8, 4) is 0 Å². The average Bonchev–Trinajstić information content (AvgIpc) is 3.16. The minimum absolute atomic E-state index is 0.0329. The minimum atomic E-state index is -0.448. The highest BCUT2D eigenvalue weighted by Crippen LogP contribution is 2.55. The van der Waals surface area contributed by atoms with Crippen LogP contribution in [0.15, 0.2) is 48.5 Å². The number of para-hydroxylation sites is 1. The van der Waals surface area contributed by atoms with Crippen LogP contribution in [0, 0.1) is 23.6 Å². The van der Waals surface area contributed by atoms with E-state index in [0.29, 0.717) is 12.1 Å². The Labute approximate surface area is 193 Å². The number of carbonyl (C=O) groups excluding carboxylic acids is 1. The summed E-state index contributed by atoms with van der Waals surface area (Å²) in [5.41, 5.74) is 3.70. The molecule has 1 aliphatic heterocycles. The number of hydrogen-bond donors (Lipinski definition) is 2. The molecule has 0 radical (unpaired) electrons. The molecule has 4 nitrogen and oxygen atoms in total. The Kier molecular flexibility index (Phi) is 4.22. The largest absolute Gasteiger partial charge is 0.356 e. The number of rotatable bonds is 2. The third kappa shape index (κ3) is 3.04. The Hall–Kier alpha value is -2.82. The number of benzene rings is 2. The van der Waals surface area contributed by atoms with Gasteiger partial charge in [-0.2, -0.15) is 0 Å². The molecule has 1 atom stereocenters. The lowest BCUT2D eigenvalue weighted by atomic mass is 9.53. The Bertz CT molecular complexity index is 1210. The Morgan fingerprint density at radius 3 is 2.36 bits per heavy atom. The quantitative estimate of drug-likeness (QED) is 0.506. The number of aromatic amines is 1. The van der Waals surface area contributed by atoms with Gasteiger partial charge in [-0.1, -0.05) is 36.4 Å². The van der Waals surface area contributed by atoms with E-state index in [1.165, 1.54) is 36.3 Å².